The quantitative estimate of drug-likeness (QED) is 0.758. The minimum absolute atomic E-state index is 0.112. The lowest BCUT2D eigenvalue weighted by atomic mass is 9.75. The molecule has 1 fully saturated rings. The Bertz CT molecular complexity index is 934. The normalized spacial score (nSPS) is 20.4. The Morgan fingerprint density at radius 1 is 1.12 bits per heavy atom. The van der Waals surface area contributed by atoms with E-state index in [4.69, 9.17) is 0 Å². The molecule has 1 amide bonds. The molecule has 132 valence electrons. The molecule has 0 bridgehead atoms. The fourth-order valence-corrected chi connectivity index (χ4v) is 3.44. The lowest BCUT2D eigenvalue weighted by Crippen LogP contribution is -2.41. The average molecular weight is 351 g/mol. The van der Waals surface area contributed by atoms with Crippen molar-refractivity contribution in [3.63, 3.8) is 0 Å². The van der Waals surface area contributed by atoms with Gasteiger partial charge >= 0.3 is 0 Å². The van der Waals surface area contributed by atoms with Gasteiger partial charge in [-0.15, -0.1) is 0 Å². The maximum absolute atomic E-state index is 13.3. The number of halogens is 1. The van der Waals surface area contributed by atoms with Crippen LogP contribution in [0.4, 0.5) is 4.39 Å². The molecule has 4 rings (SSSR count). The van der Waals surface area contributed by atoms with Gasteiger partial charge in [0.2, 0.25) is 0 Å². The summed E-state index contributed by atoms with van der Waals surface area (Å²) < 4.78 is 13.3. The van der Waals surface area contributed by atoms with Crippen LogP contribution >= 0.6 is 0 Å². The van der Waals surface area contributed by atoms with Crippen LogP contribution in [0, 0.1) is 11.7 Å². The van der Waals surface area contributed by atoms with Crippen LogP contribution in [0.2, 0.25) is 0 Å². The van der Waals surface area contributed by atoms with Gasteiger partial charge in [-0.3, -0.25) is 14.8 Å². The molecule has 26 heavy (non-hydrogen) atoms. The van der Waals surface area contributed by atoms with Gasteiger partial charge in [0.15, 0.2) is 0 Å². The van der Waals surface area contributed by atoms with E-state index in [1.54, 1.807) is 42.7 Å². The summed E-state index contributed by atoms with van der Waals surface area (Å²) in [5, 5.41) is 12.7. The van der Waals surface area contributed by atoms with Gasteiger partial charge in [0.25, 0.3) is 5.91 Å². The van der Waals surface area contributed by atoms with Gasteiger partial charge < -0.3 is 10.4 Å². The molecule has 1 aromatic heterocycles. The first kappa shape index (κ1) is 16.6. The van der Waals surface area contributed by atoms with Crippen molar-refractivity contribution in [3.05, 3.63) is 71.8 Å². The molecule has 1 aliphatic rings. The molecular formula is C20H18FN3O2. The van der Waals surface area contributed by atoms with E-state index >= 15 is 0 Å². The van der Waals surface area contributed by atoms with E-state index in [1.807, 2.05) is 0 Å². The number of rotatable bonds is 4. The van der Waals surface area contributed by atoms with Crippen molar-refractivity contribution in [1.82, 2.24) is 15.3 Å². The SMILES string of the molecule is O=C(N[C@@H](c1ccc(F)cc1)C1CC(O)C1)c1cccc2nccnc12. The van der Waals surface area contributed by atoms with Crippen molar-refractivity contribution in [2.45, 2.75) is 25.0 Å². The Morgan fingerprint density at radius 2 is 1.85 bits per heavy atom. The minimum Gasteiger partial charge on any atom is -0.393 e. The molecule has 0 aliphatic heterocycles. The molecule has 1 aliphatic carbocycles. The highest BCUT2D eigenvalue weighted by atomic mass is 19.1. The third kappa shape index (κ3) is 3.15. The summed E-state index contributed by atoms with van der Waals surface area (Å²) in [6.45, 7) is 0. The number of carbonyl (C=O) groups excluding carboxylic acids is 1. The first-order chi connectivity index (χ1) is 12.6. The fraction of sp³-hybridized carbons (Fsp3) is 0.250. The molecule has 1 heterocycles. The maximum atomic E-state index is 13.3. The number of nitrogens with one attached hydrogen (secondary N) is 1. The lowest BCUT2D eigenvalue weighted by Gasteiger charge is -2.38. The molecule has 3 aromatic rings. The second-order valence-corrected chi connectivity index (χ2v) is 6.62. The second-order valence-electron chi connectivity index (χ2n) is 6.62. The van der Waals surface area contributed by atoms with Crippen molar-refractivity contribution in [3.8, 4) is 0 Å². The summed E-state index contributed by atoms with van der Waals surface area (Å²) in [7, 11) is 0. The number of aliphatic hydroxyl groups excluding tert-OH is 1. The predicted molar refractivity (Wildman–Crippen MR) is 94.9 cm³/mol. The summed E-state index contributed by atoms with van der Waals surface area (Å²) in [5.74, 6) is -0.468. The third-order valence-corrected chi connectivity index (χ3v) is 4.88. The van der Waals surface area contributed by atoms with Gasteiger partial charge in [-0.25, -0.2) is 4.39 Å². The van der Waals surface area contributed by atoms with Crippen molar-refractivity contribution >= 4 is 16.9 Å². The van der Waals surface area contributed by atoms with E-state index in [2.05, 4.69) is 15.3 Å². The van der Waals surface area contributed by atoms with Crippen LogP contribution in [0.5, 0.6) is 0 Å². The number of fused-ring (bicyclic) bond motifs is 1. The van der Waals surface area contributed by atoms with Gasteiger partial charge in [-0.1, -0.05) is 18.2 Å². The average Bonchev–Trinajstić information content (AvgIpc) is 2.64. The van der Waals surface area contributed by atoms with Crippen LogP contribution < -0.4 is 5.32 Å². The van der Waals surface area contributed by atoms with Gasteiger partial charge in [-0.05, 0) is 48.6 Å². The largest absolute Gasteiger partial charge is 0.393 e. The van der Waals surface area contributed by atoms with Crippen molar-refractivity contribution in [2.75, 3.05) is 0 Å². The van der Waals surface area contributed by atoms with Crippen LogP contribution in [0.1, 0.15) is 34.8 Å². The zero-order valence-electron chi connectivity index (χ0n) is 14.0. The first-order valence-electron chi connectivity index (χ1n) is 8.56. The van der Waals surface area contributed by atoms with Crippen LogP contribution in [0.25, 0.3) is 11.0 Å². The number of aliphatic hydroxyl groups is 1. The number of hydrogen-bond acceptors (Lipinski definition) is 4. The molecule has 0 radical (unpaired) electrons. The smallest absolute Gasteiger partial charge is 0.254 e. The number of amides is 1. The summed E-state index contributed by atoms with van der Waals surface area (Å²) in [5.41, 5.74) is 2.46. The molecule has 1 saturated carbocycles. The van der Waals surface area contributed by atoms with E-state index < -0.39 is 0 Å². The van der Waals surface area contributed by atoms with Gasteiger partial charge in [0.1, 0.15) is 11.3 Å². The Morgan fingerprint density at radius 3 is 2.58 bits per heavy atom. The van der Waals surface area contributed by atoms with E-state index in [0.29, 0.717) is 29.4 Å². The van der Waals surface area contributed by atoms with Crippen molar-refractivity contribution in [1.29, 1.82) is 0 Å². The topological polar surface area (TPSA) is 75.1 Å². The summed E-state index contributed by atoms with van der Waals surface area (Å²) in [6.07, 6.45) is 4.01. The molecule has 0 unspecified atom stereocenters. The molecule has 1 atom stereocenters. The van der Waals surface area contributed by atoms with E-state index in [1.165, 1.54) is 12.1 Å². The third-order valence-electron chi connectivity index (χ3n) is 4.88. The summed E-state index contributed by atoms with van der Waals surface area (Å²) in [4.78, 5) is 21.4. The highest BCUT2D eigenvalue weighted by Gasteiger charge is 2.36. The van der Waals surface area contributed by atoms with Crippen LogP contribution in [0.3, 0.4) is 0 Å². The predicted octanol–water partition coefficient (Wildman–Crippen LogP) is 3.01. The fourth-order valence-electron chi connectivity index (χ4n) is 3.44. The van der Waals surface area contributed by atoms with E-state index in [0.717, 1.165) is 5.56 Å². The van der Waals surface area contributed by atoms with E-state index in [-0.39, 0.29) is 29.8 Å². The van der Waals surface area contributed by atoms with Gasteiger partial charge in [0.05, 0.1) is 23.2 Å². The highest BCUT2D eigenvalue weighted by molar-refractivity contribution is 6.04. The molecule has 5 nitrogen and oxygen atoms in total. The van der Waals surface area contributed by atoms with Crippen molar-refractivity contribution < 1.29 is 14.3 Å². The molecule has 0 spiro atoms. The molecule has 2 N–H and O–H groups in total. The van der Waals surface area contributed by atoms with E-state index in [9.17, 15) is 14.3 Å². The number of aromatic nitrogens is 2. The van der Waals surface area contributed by atoms with Crippen LogP contribution in [-0.2, 0) is 0 Å². The zero-order chi connectivity index (χ0) is 18.1. The minimum atomic E-state index is -0.344. The summed E-state index contributed by atoms with van der Waals surface area (Å²) in [6, 6.07) is 11.1. The van der Waals surface area contributed by atoms with Crippen LogP contribution in [-0.4, -0.2) is 27.1 Å². The molecule has 0 saturated heterocycles. The maximum Gasteiger partial charge on any atom is 0.254 e. The molecule has 6 heteroatoms. The Hall–Kier alpha value is -2.86. The van der Waals surface area contributed by atoms with Gasteiger partial charge in [-0.2, -0.15) is 0 Å². The Balaban J connectivity index is 1.64. The number of nitrogens with zero attached hydrogens (tertiary/aromatic N) is 2. The number of para-hydroxylation sites is 1. The molecular weight excluding hydrogens is 333 g/mol. The van der Waals surface area contributed by atoms with Gasteiger partial charge in [0, 0.05) is 12.4 Å². The number of carbonyl (C=O) groups is 1. The standard InChI is InChI=1S/C20H18FN3O2/c21-14-6-4-12(5-7-14)18(13-10-15(25)11-13)24-20(26)16-2-1-3-17-19(16)23-9-8-22-17/h1-9,13,15,18,25H,10-11H2,(H,24,26)/t13?,15?,18-/m0/s1. The van der Waals surface area contributed by atoms with Crippen molar-refractivity contribution in [2.24, 2.45) is 5.92 Å². The monoisotopic (exact) mass is 351 g/mol. The molecule has 2 aromatic carbocycles. The lowest BCUT2D eigenvalue weighted by molar-refractivity contribution is 0.0235. The second kappa shape index (κ2) is 6.80. The number of benzene rings is 2. The van der Waals surface area contributed by atoms with Crippen LogP contribution in [0.15, 0.2) is 54.9 Å². The Labute approximate surface area is 149 Å². The summed E-state index contributed by atoms with van der Waals surface area (Å²) >= 11 is 0. The first-order valence-corrected chi connectivity index (χ1v) is 8.56. The number of hydrogen-bond donors (Lipinski definition) is 2. The zero-order valence-corrected chi connectivity index (χ0v) is 14.0. The Kier molecular flexibility index (Phi) is 4.34. The highest BCUT2D eigenvalue weighted by Crippen LogP contribution is 2.38.